The van der Waals surface area contributed by atoms with Crippen molar-refractivity contribution in [3.63, 3.8) is 0 Å². The van der Waals surface area contributed by atoms with Crippen LogP contribution in [0.25, 0.3) is 0 Å². The van der Waals surface area contributed by atoms with Gasteiger partial charge < -0.3 is 9.64 Å². The zero-order valence-corrected chi connectivity index (χ0v) is 12.5. The molecule has 1 fully saturated rings. The number of aryl methyl sites for hydroxylation is 2. The third-order valence-corrected chi connectivity index (χ3v) is 4.07. The van der Waals surface area contributed by atoms with Crippen molar-refractivity contribution in [2.45, 2.75) is 20.8 Å². The summed E-state index contributed by atoms with van der Waals surface area (Å²) in [7, 11) is 0. The molecule has 1 aliphatic rings. The van der Waals surface area contributed by atoms with Gasteiger partial charge in [0.1, 0.15) is 12.4 Å². The number of hydrogen-bond acceptors (Lipinski definition) is 3. The van der Waals surface area contributed by atoms with Gasteiger partial charge in [-0.1, -0.05) is 13.0 Å². The first-order chi connectivity index (χ1) is 9.19. The maximum absolute atomic E-state index is 5.84. The van der Waals surface area contributed by atoms with Crippen LogP contribution in [0.2, 0.25) is 0 Å². The molecule has 0 aliphatic carbocycles. The number of nitrogens with zero attached hydrogens (tertiary/aromatic N) is 2. The first-order valence-corrected chi connectivity index (χ1v) is 7.34. The average molecular weight is 262 g/mol. The van der Waals surface area contributed by atoms with Crippen LogP contribution in [0.1, 0.15) is 18.1 Å². The van der Waals surface area contributed by atoms with Gasteiger partial charge in [0.15, 0.2) is 0 Å². The van der Waals surface area contributed by atoms with Gasteiger partial charge in [-0.05, 0) is 43.7 Å². The van der Waals surface area contributed by atoms with E-state index < -0.39 is 0 Å². The Balaban J connectivity index is 1.70. The van der Waals surface area contributed by atoms with E-state index in [-0.39, 0.29) is 0 Å². The van der Waals surface area contributed by atoms with Crippen molar-refractivity contribution in [2.24, 2.45) is 0 Å². The van der Waals surface area contributed by atoms with Crippen LogP contribution >= 0.6 is 0 Å². The Hall–Kier alpha value is -1.06. The highest BCUT2D eigenvalue weighted by molar-refractivity contribution is 5.33. The fraction of sp³-hybridized carbons (Fsp3) is 0.625. The lowest BCUT2D eigenvalue weighted by atomic mass is 10.1. The molecule has 0 N–H and O–H groups in total. The lowest BCUT2D eigenvalue weighted by Crippen LogP contribution is -2.47. The Morgan fingerprint density at radius 1 is 1.00 bits per heavy atom. The predicted octanol–water partition coefficient (Wildman–Crippen LogP) is 2.32. The van der Waals surface area contributed by atoms with Crippen LogP contribution in [0.4, 0.5) is 0 Å². The molecule has 0 saturated carbocycles. The van der Waals surface area contributed by atoms with Gasteiger partial charge in [-0.25, -0.2) is 0 Å². The van der Waals surface area contributed by atoms with Crippen molar-refractivity contribution in [3.8, 4) is 5.75 Å². The highest BCUT2D eigenvalue weighted by Crippen LogP contribution is 2.16. The molecule has 1 aliphatic heterocycles. The normalized spacial score (nSPS) is 17.6. The summed E-state index contributed by atoms with van der Waals surface area (Å²) in [6.07, 6.45) is 0. The van der Waals surface area contributed by atoms with Crippen LogP contribution in [0.5, 0.6) is 5.75 Å². The second-order valence-corrected chi connectivity index (χ2v) is 5.37. The zero-order valence-electron chi connectivity index (χ0n) is 12.5. The molecule has 0 spiro atoms. The van der Waals surface area contributed by atoms with E-state index in [1.807, 2.05) is 0 Å². The molecule has 0 aromatic heterocycles. The van der Waals surface area contributed by atoms with Gasteiger partial charge in [-0.15, -0.1) is 0 Å². The summed E-state index contributed by atoms with van der Waals surface area (Å²) < 4.78 is 5.84. The summed E-state index contributed by atoms with van der Waals surface area (Å²) >= 11 is 0. The molecular formula is C16H26N2O. The number of likely N-dealkylation sites (N-methyl/N-ethyl adjacent to an activating group) is 1. The third kappa shape index (κ3) is 4.22. The van der Waals surface area contributed by atoms with Crippen LogP contribution in [-0.2, 0) is 0 Å². The first-order valence-electron chi connectivity index (χ1n) is 7.34. The van der Waals surface area contributed by atoms with E-state index in [9.17, 15) is 0 Å². The van der Waals surface area contributed by atoms with Crippen molar-refractivity contribution in [2.75, 3.05) is 45.9 Å². The minimum Gasteiger partial charge on any atom is -0.492 e. The van der Waals surface area contributed by atoms with Crippen molar-refractivity contribution in [3.05, 3.63) is 29.3 Å². The van der Waals surface area contributed by atoms with Crippen LogP contribution in [0.15, 0.2) is 18.2 Å². The second kappa shape index (κ2) is 6.92. The molecule has 0 bridgehead atoms. The molecular weight excluding hydrogens is 236 g/mol. The molecule has 3 heteroatoms. The number of ether oxygens (including phenoxy) is 1. The Bertz CT molecular complexity index is 398. The summed E-state index contributed by atoms with van der Waals surface area (Å²) in [4.78, 5) is 4.99. The Labute approximate surface area is 117 Å². The number of piperazine rings is 1. The van der Waals surface area contributed by atoms with Gasteiger partial charge in [0.05, 0.1) is 0 Å². The summed E-state index contributed by atoms with van der Waals surface area (Å²) in [5, 5.41) is 0. The lowest BCUT2D eigenvalue weighted by molar-refractivity contribution is 0.121. The quantitative estimate of drug-likeness (QED) is 0.810. The SMILES string of the molecule is CCN1CCN(CCOc2ccc(C)c(C)c2)CC1. The van der Waals surface area contributed by atoms with Crippen LogP contribution in [0.3, 0.4) is 0 Å². The topological polar surface area (TPSA) is 15.7 Å². The minimum absolute atomic E-state index is 0.786. The van der Waals surface area contributed by atoms with E-state index >= 15 is 0 Å². The monoisotopic (exact) mass is 262 g/mol. The van der Waals surface area contributed by atoms with E-state index in [0.717, 1.165) is 18.9 Å². The largest absolute Gasteiger partial charge is 0.492 e. The van der Waals surface area contributed by atoms with Crippen LogP contribution < -0.4 is 4.74 Å². The van der Waals surface area contributed by atoms with Gasteiger partial charge in [0.25, 0.3) is 0 Å². The number of benzene rings is 1. The molecule has 1 aromatic carbocycles. The van der Waals surface area contributed by atoms with Crippen LogP contribution in [0, 0.1) is 13.8 Å². The lowest BCUT2D eigenvalue weighted by Gasteiger charge is -2.33. The van der Waals surface area contributed by atoms with Crippen LogP contribution in [-0.4, -0.2) is 55.7 Å². The first kappa shape index (κ1) is 14.4. The fourth-order valence-electron chi connectivity index (χ4n) is 2.43. The van der Waals surface area contributed by atoms with Gasteiger partial charge in [0.2, 0.25) is 0 Å². The highest BCUT2D eigenvalue weighted by atomic mass is 16.5. The minimum atomic E-state index is 0.786. The molecule has 106 valence electrons. The zero-order chi connectivity index (χ0) is 13.7. The molecule has 0 amide bonds. The Morgan fingerprint density at radius 2 is 1.68 bits per heavy atom. The van der Waals surface area contributed by atoms with Crippen molar-refractivity contribution in [1.82, 2.24) is 9.80 Å². The van der Waals surface area contributed by atoms with Gasteiger partial charge in [0, 0.05) is 32.7 Å². The Kier molecular flexibility index (Phi) is 5.23. The van der Waals surface area contributed by atoms with E-state index in [1.54, 1.807) is 0 Å². The van der Waals surface area contributed by atoms with E-state index in [2.05, 4.69) is 48.8 Å². The molecule has 0 atom stereocenters. The van der Waals surface area contributed by atoms with E-state index in [1.165, 1.54) is 43.9 Å². The smallest absolute Gasteiger partial charge is 0.119 e. The van der Waals surface area contributed by atoms with E-state index in [4.69, 9.17) is 4.74 Å². The molecule has 3 nitrogen and oxygen atoms in total. The average Bonchev–Trinajstić information content (AvgIpc) is 2.43. The summed E-state index contributed by atoms with van der Waals surface area (Å²) in [6.45, 7) is 14.2. The van der Waals surface area contributed by atoms with Crippen molar-refractivity contribution < 1.29 is 4.74 Å². The van der Waals surface area contributed by atoms with E-state index in [0.29, 0.717) is 0 Å². The number of rotatable bonds is 5. The maximum Gasteiger partial charge on any atom is 0.119 e. The third-order valence-electron chi connectivity index (χ3n) is 4.07. The summed E-state index contributed by atoms with van der Waals surface area (Å²) in [5.41, 5.74) is 2.62. The summed E-state index contributed by atoms with van der Waals surface area (Å²) in [6, 6.07) is 6.33. The standard InChI is InChI=1S/C16H26N2O/c1-4-17-7-9-18(10-8-17)11-12-19-16-6-5-14(2)15(3)13-16/h5-6,13H,4,7-12H2,1-3H3. The van der Waals surface area contributed by atoms with Gasteiger partial charge in [-0.3, -0.25) is 4.90 Å². The van der Waals surface area contributed by atoms with Crippen molar-refractivity contribution >= 4 is 0 Å². The molecule has 2 rings (SSSR count). The Morgan fingerprint density at radius 3 is 2.32 bits per heavy atom. The second-order valence-electron chi connectivity index (χ2n) is 5.37. The molecule has 0 radical (unpaired) electrons. The molecule has 1 heterocycles. The fourth-order valence-corrected chi connectivity index (χ4v) is 2.43. The van der Waals surface area contributed by atoms with Gasteiger partial charge in [-0.2, -0.15) is 0 Å². The predicted molar refractivity (Wildman–Crippen MR) is 80.0 cm³/mol. The summed E-state index contributed by atoms with van der Waals surface area (Å²) in [5.74, 6) is 0.996. The highest BCUT2D eigenvalue weighted by Gasteiger charge is 2.14. The molecule has 19 heavy (non-hydrogen) atoms. The van der Waals surface area contributed by atoms with Gasteiger partial charge >= 0.3 is 0 Å². The van der Waals surface area contributed by atoms with Crippen molar-refractivity contribution in [1.29, 1.82) is 0 Å². The molecule has 0 unspecified atom stereocenters. The maximum atomic E-state index is 5.84. The molecule has 1 aromatic rings. The molecule has 1 saturated heterocycles. The number of hydrogen-bond donors (Lipinski definition) is 0.